The van der Waals surface area contributed by atoms with Gasteiger partial charge in [0, 0.05) is 13.1 Å². The van der Waals surface area contributed by atoms with Crippen LogP contribution in [0.25, 0.3) is 0 Å². The van der Waals surface area contributed by atoms with Crippen LogP contribution in [0.4, 0.5) is 4.79 Å². The Kier molecular flexibility index (Phi) is 2.14. The summed E-state index contributed by atoms with van der Waals surface area (Å²) in [7, 11) is -4.10. The molecule has 0 saturated carbocycles. The van der Waals surface area contributed by atoms with Crippen LogP contribution >= 0.6 is 0 Å². The fourth-order valence-corrected chi connectivity index (χ4v) is 1.73. The molecule has 0 spiro atoms. The van der Waals surface area contributed by atoms with Gasteiger partial charge in [-0.25, -0.2) is 4.79 Å². The third-order valence-electron chi connectivity index (χ3n) is 1.35. The number of amides is 2. The van der Waals surface area contributed by atoms with Gasteiger partial charge in [0.1, 0.15) is 0 Å². The van der Waals surface area contributed by atoms with Gasteiger partial charge in [-0.05, 0) is 0 Å². The Morgan fingerprint density at radius 2 is 2.18 bits per heavy atom. The van der Waals surface area contributed by atoms with E-state index >= 15 is 0 Å². The molecular weight excluding hydrogens is 168 g/mol. The van der Waals surface area contributed by atoms with Crippen molar-refractivity contribution in [3.63, 3.8) is 0 Å². The number of nitrogens with zero attached hydrogens (tertiary/aromatic N) is 1. The molecule has 11 heavy (non-hydrogen) atoms. The zero-order valence-electron chi connectivity index (χ0n) is 5.82. The van der Waals surface area contributed by atoms with Crippen molar-refractivity contribution < 1.29 is 19.2 Å². The van der Waals surface area contributed by atoms with Gasteiger partial charge in [-0.3, -0.25) is 0 Å². The molecule has 6 nitrogen and oxygen atoms in total. The first-order valence-corrected chi connectivity index (χ1v) is 5.24. The van der Waals surface area contributed by atoms with Gasteiger partial charge in [0.25, 0.3) is 0 Å². The molecule has 1 aliphatic rings. The SMILES string of the molecule is O=C1NCCN1C[Si](O)(O)O. The van der Waals surface area contributed by atoms with Crippen molar-refractivity contribution >= 4 is 14.8 Å². The highest BCUT2D eigenvalue weighted by atomic mass is 28.4. The van der Waals surface area contributed by atoms with E-state index in [1.807, 2.05) is 0 Å². The van der Waals surface area contributed by atoms with E-state index in [2.05, 4.69) is 5.32 Å². The largest absolute Gasteiger partial charge is 0.513 e. The summed E-state index contributed by atoms with van der Waals surface area (Å²) in [5.74, 6) is 0. The van der Waals surface area contributed by atoms with Crippen LogP contribution in [0, 0.1) is 0 Å². The van der Waals surface area contributed by atoms with E-state index in [0.29, 0.717) is 13.1 Å². The molecule has 0 aliphatic carbocycles. The molecule has 64 valence electrons. The lowest BCUT2D eigenvalue weighted by atomic mass is 10.7. The summed E-state index contributed by atoms with van der Waals surface area (Å²) in [5.41, 5.74) is 0. The molecule has 4 N–H and O–H groups in total. The van der Waals surface area contributed by atoms with E-state index in [4.69, 9.17) is 14.4 Å². The second-order valence-corrected chi connectivity index (χ2v) is 4.29. The highest BCUT2D eigenvalue weighted by molar-refractivity contribution is 6.56. The lowest BCUT2D eigenvalue weighted by molar-refractivity contribution is 0.187. The quantitative estimate of drug-likeness (QED) is 0.351. The highest BCUT2D eigenvalue weighted by Gasteiger charge is 2.34. The highest BCUT2D eigenvalue weighted by Crippen LogP contribution is 1.99. The molecule has 1 saturated heterocycles. The predicted octanol–water partition coefficient (Wildman–Crippen LogP) is -2.53. The molecule has 0 unspecified atom stereocenters. The lowest BCUT2D eigenvalue weighted by Gasteiger charge is -2.17. The summed E-state index contributed by atoms with van der Waals surface area (Å²) in [4.78, 5) is 37.8. The van der Waals surface area contributed by atoms with Gasteiger partial charge in [0.2, 0.25) is 0 Å². The molecule has 1 aliphatic heterocycles. The summed E-state index contributed by atoms with van der Waals surface area (Å²) in [5, 5.41) is 2.47. The first-order chi connectivity index (χ1) is 4.99. The number of hydrogen-bond donors (Lipinski definition) is 4. The van der Waals surface area contributed by atoms with E-state index < -0.39 is 8.80 Å². The number of hydrogen-bond acceptors (Lipinski definition) is 4. The van der Waals surface area contributed by atoms with Crippen LogP contribution < -0.4 is 5.32 Å². The summed E-state index contributed by atoms with van der Waals surface area (Å²) >= 11 is 0. The Bertz CT molecular complexity index is 168. The van der Waals surface area contributed by atoms with Crippen molar-refractivity contribution in [3.05, 3.63) is 0 Å². The summed E-state index contributed by atoms with van der Waals surface area (Å²) < 4.78 is 0. The van der Waals surface area contributed by atoms with E-state index in [1.54, 1.807) is 0 Å². The van der Waals surface area contributed by atoms with Crippen LogP contribution in [0.2, 0.25) is 0 Å². The predicted molar refractivity (Wildman–Crippen MR) is 37.4 cm³/mol. The van der Waals surface area contributed by atoms with E-state index in [0.717, 1.165) is 0 Å². The van der Waals surface area contributed by atoms with Gasteiger partial charge in [-0.15, -0.1) is 0 Å². The topological polar surface area (TPSA) is 93.0 Å². The Morgan fingerprint density at radius 3 is 2.55 bits per heavy atom. The number of carbonyl (C=O) groups excluding carboxylic acids is 1. The number of nitrogens with one attached hydrogen (secondary N) is 1. The van der Waals surface area contributed by atoms with Gasteiger partial charge < -0.3 is 24.6 Å². The third kappa shape index (κ3) is 2.46. The molecule has 1 heterocycles. The molecule has 1 fully saturated rings. The second kappa shape index (κ2) is 2.78. The molecule has 2 amide bonds. The summed E-state index contributed by atoms with van der Waals surface area (Å²) in [6.45, 7) is 0.901. The van der Waals surface area contributed by atoms with E-state index in [-0.39, 0.29) is 12.2 Å². The third-order valence-corrected chi connectivity index (χ3v) is 2.15. The summed E-state index contributed by atoms with van der Waals surface area (Å²) in [6, 6.07) is -0.362. The standard InChI is InChI=1S/C4H10N2O4Si/c7-4-5-1-2-6(4)3-11(8,9)10/h8-10H,1-3H2,(H,5,7). The molecule has 0 radical (unpaired) electrons. The monoisotopic (exact) mass is 178 g/mol. The minimum atomic E-state index is -4.10. The average molecular weight is 178 g/mol. The fraction of sp³-hybridized carbons (Fsp3) is 0.750. The number of rotatable bonds is 2. The van der Waals surface area contributed by atoms with Crippen molar-refractivity contribution in [2.45, 2.75) is 0 Å². The average Bonchev–Trinajstić information content (AvgIpc) is 2.12. The number of carbonyl (C=O) groups is 1. The first-order valence-electron chi connectivity index (χ1n) is 3.19. The maximum Gasteiger partial charge on any atom is 0.513 e. The van der Waals surface area contributed by atoms with Crippen molar-refractivity contribution in [1.29, 1.82) is 0 Å². The Labute approximate surface area is 64.4 Å². The van der Waals surface area contributed by atoms with Crippen LogP contribution in [0.1, 0.15) is 0 Å². The lowest BCUT2D eigenvalue weighted by Crippen LogP contribution is -2.49. The minimum Gasteiger partial charge on any atom is -0.389 e. The van der Waals surface area contributed by atoms with Crippen molar-refractivity contribution in [3.8, 4) is 0 Å². The molecule has 0 bridgehead atoms. The molecule has 0 aromatic rings. The fourth-order valence-electron chi connectivity index (χ4n) is 0.918. The molecule has 0 atom stereocenters. The van der Waals surface area contributed by atoms with Crippen LogP contribution in [-0.4, -0.2) is 53.4 Å². The second-order valence-electron chi connectivity index (χ2n) is 2.43. The first kappa shape index (κ1) is 8.46. The van der Waals surface area contributed by atoms with E-state index in [9.17, 15) is 4.79 Å². The van der Waals surface area contributed by atoms with E-state index in [1.165, 1.54) is 4.90 Å². The molecular formula is C4H10N2O4Si. The Hall–Kier alpha value is -0.633. The summed E-state index contributed by atoms with van der Waals surface area (Å²) in [6.07, 6.45) is -0.348. The van der Waals surface area contributed by atoms with Crippen molar-refractivity contribution in [2.75, 3.05) is 19.3 Å². The van der Waals surface area contributed by atoms with Gasteiger partial charge in [-0.2, -0.15) is 0 Å². The van der Waals surface area contributed by atoms with Gasteiger partial charge >= 0.3 is 14.8 Å². The van der Waals surface area contributed by atoms with Crippen molar-refractivity contribution in [1.82, 2.24) is 10.2 Å². The van der Waals surface area contributed by atoms with Crippen LogP contribution in [0.3, 0.4) is 0 Å². The normalized spacial score (nSPS) is 18.8. The smallest absolute Gasteiger partial charge is 0.389 e. The van der Waals surface area contributed by atoms with Gasteiger partial charge in [-0.1, -0.05) is 0 Å². The molecule has 7 heteroatoms. The maximum atomic E-state index is 10.8. The zero-order chi connectivity index (χ0) is 8.48. The van der Waals surface area contributed by atoms with Gasteiger partial charge in [0.05, 0.1) is 6.17 Å². The maximum absolute atomic E-state index is 10.8. The minimum absolute atomic E-state index is 0.348. The molecule has 0 aromatic heterocycles. The van der Waals surface area contributed by atoms with Crippen molar-refractivity contribution in [2.24, 2.45) is 0 Å². The number of urea groups is 1. The van der Waals surface area contributed by atoms with Gasteiger partial charge in [0.15, 0.2) is 0 Å². The Morgan fingerprint density at radius 1 is 1.55 bits per heavy atom. The molecule has 1 rings (SSSR count). The van der Waals surface area contributed by atoms with Crippen LogP contribution in [-0.2, 0) is 0 Å². The Balaban J connectivity index is 2.43. The zero-order valence-corrected chi connectivity index (χ0v) is 6.82. The van der Waals surface area contributed by atoms with Crippen LogP contribution in [0.5, 0.6) is 0 Å². The molecule has 0 aromatic carbocycles. The van der Waals surface area contributed by atoms with Crippen LogP contribution in [0.15, 0.2) is 0 Å².